The number of aryl methyl sites for hydroxylation is 1. The number of allylic oxidation sites excluding steroid dienone is 1. The summed E-state index contributed by atoms with van der Waals surface area (Å²) in [5, 5.41) is 18.6. The zero-order valence-electron chi connectivity index (χ0n) is 12.8. The first-order valence-electron chi connectivity index (χ1n) is 7.19. The van der Waals surface area contributed by atoms with Crippen molar-refractivity contribution < 1.29 is 14.6 Å². The molecule has 0 aliphatic rings. The third-order valence-corrected chi connectivity index (χ3v) is 3.40. The molecular formula is C19H17NO3. The number of methoxy groups -OCH3 is 1. The normalized spacial score (nSPS) is 10.9. The summed E-state index contributed by atoms with van der Waals surface area (Å²) >= 11 is 0. The lowest BCUT2D eigenvalue weighted by molar-refractivity contribution is -0.115. The van der Waals surface area contributed by atoms with Crippen LogP contribution in [0.1, 0.15) is 17.5 Å². The Bertz CT molecular complexity index is 755. The lowest BCUT2D eigenvalue weighted by Crippen LogP contribution is -2.03. The molecule has 116 valence electrons. The summed E-state index contributed by atoms with van der Waals surface area (Å²) in [5.41, 5.74) is 1.72. The number of phenolic OH excluding ortho intramolecular Hbond substituents is 1. The maximum Gasteiger partial charge on any atom is 0.173 e. The quantitative estimate of drug-likeness (QED) is 0.655. The SMILES string of the molecule is COc1ccc(CCC(=O)/C(C#N)=C\c2cccc(O)c2)cc1. The summed E-state index contributed by atoms with van der Waals surface area (Å²) in [7, 11) is 1.60. The molecule has 0 amide bonds. The van der Waals surface area contributed by atoms with E-state index in [1.807, 2.05) is 30.3 Å². The molecular weight excluding hydrogens is 290 g/mol. The zero-order chi connectivity index (χ0) is 16.7. The molecule has 23 heavy (non-hydrogen) atoms. The molecule has 0 aliphatic heterocycles. The van der Waals surface area contributed by atoms with Gasteiger partial charge in [0.15, 0.2) is 5.78 Å². The maximum atomic E-state index is 12.2. The van der Waals surface area contributed by atoms with Gasteiger partial charge in [-0.25, -0.2) is 0 Å². The van der Waals surface area contributed by atoms with Crippen molar-refractivity contribution in [3.05, 3.63) is 65.2 Å². The van der Waals surface area contributed by atoms with Crippen LogP contribution in [0.2, 0.25) is 0 Å². The second kappa shape index (κ2) is 7.81. The Morgan fingerprint density at radius 3 is 2.61 bits per heavy atom. The molecule has 2 rings (SSSR count). The second-order valence-corrected chi connectivity index (χ2v) is 5.04. The van der Waals surface area contributed by atoms with E-state index in [4.69, 9.17) is 4.74 Å². The monoisotopic (exact) mass is 307 g/mol. The van der Waals surface area contributed by atoms with Gasteiger partial charge in [-0.05, 0) is 47.9 Å². The van der Waals surface area contributed by atoms with Crippen LogP contribution in [0, 0.1) is 11.3 Å². The molecule has 0 saturated carbocycles. The van der Waals surface area contributed by atoms with E-state index < -0.39 is 0 Å². The van der Waals surface area contributed by atoms with E-state index in [0.29, 0.717) is 12.0 Å². The standard InChI is InChI=1S/C19H17NO3/c1-23-18-8-5-14(6-9-18)7-10-19(22)16(13-20)11-15-3-2-4-17(21)12-15/h2-6,8-9,11-12,21H,7,10H2,1H3/b16-11-. The number of aromatic hydroxyl groups is 1. The van der Waals surface area contributed by atoms with Gasteiger partial charge in [0.2, 0.25) is 0 Å². The van der Waals surface area contributed by atoms with Crippen LogP contribution >= 0.6 is 0 Å². The largest absolute Gasteiger partial charge is 0.508 e. The topological polar surface area (TPSA) is 70.3 Å². The van der Waals surface area contributed by atoms with Crippen LogP contribution in [0.25, 0.3) is 6.08 Å². The molecule has 0 heterocycles. The van der Waals surface area contributed by atoms with Crippen molar-refractivity contribution in [1.82, 2.24) is 0 Å². The van der Waals surface area contributed by atoms with Gasteiger partial charge in [0.05, 0.1) is 12.7 Å². The van der Waals surface area contributed by atoms with Crippen molar-refractivity contribution in [1.29, 1.82) is 5.26 Å². The first kappa shape index (κ1) is 16.3. The van der Waals surface area contributed by atoms with Crippen LogP contribution in [-0.4, -0.2) is 18.0 Å². The zero-order valence-corrected chi connectivity index (χ0v) is 12.8. The van der Waals surface area contributed by atoms with E-state index in [1.54, 1.807) is 19.2 Å². The molecule has 0 spiro atoms. The average Bonchev–Trinajstić information content (AvgIpc) is 2.58. The first-order chi connectivity index (χ1) is 11.1. The molecule has 0 atom stereocenters. The van der Waals surface area contributed by atoms with Gasteiger partial charge >= 0.3 is 0 Å². The van der Waals surface area contributed by atoms with Gasteiger partial charge in [-0.2, -0.15) is 5.26 Å². The van der Waals surface area contributed by atoms with Crippen molar-refractivity contribution in [3.63, 3.8) is 0 Å². The Morgan fingerprint density at radius 2 is 2.00 bits per heavy atom. The molecule has 0 aliphatic carbocycles. The Hall–Kier alpha value is -3.06. The fraction of sp³-hybridized carbons (Fsp3) is 0.158. The number of ether oxygens (including phenoxy) is 1. The molecule has 4 nitrogen and oxygen atoms in total. The minimum atomic E-state index is -0.216. The van der Waals surface area contributed by atoms with Crippen LogP contribution in [0.15, 0.2) is 54.1 Å². The lowest BCUT2D eigenvalue weighted by Gasteiger charge is -2.03. The first-order valence-corrected chi connectivity index (χ1v) is 7.19. The van der Waals surface area contributed by atoms with Crippen molar-refractivity contribution in [3.8, 4) is 17.6 Å². The van der Waals surface area contributed by atoms with Crippen molar-refractivity contribution in [2.45, 2.75) is 12.8 Å². The van der Waals surface area contributed by atoms with Crippen molar-refractivity contribution >= 4 is 11.9 Å². The van der Waals surface area contributed by atoms with Crippen LogP contribution in [-0.2, 0) is 11.2 Å². The molecule has 0 fully saturated rings. The number of hydrogen-bond acceptors (Lipinski definition) is 4. The molecule has 0 saturated heterocycles. The number of nitrogens with zero attached hydrogens (tertiary/aromatic N) is 1. The van der Waals surface area contributed by atoms with E-state index in [-0.39, 0.29) is 23.5 Å². The summed E-state index contributed by atoms with van der Waals surface area (Å²) in [6.07, 6.45) is 2.31. The van der Waals surface area contributed by atoms with E-state index in [2.05, 4.69) is 0 Å². The lowest BCUT2D eigenvalue weighted by atomic mass is 10.0. The Labute approximate surface area is 135 Å². The van der Waals surface area contributed by atoms with Crippen molar-refractivity contribution in [2.75, 3.05) is 7.11 Å². The Balaban J connectivity index is 2.04. The highest BCUT2D eigenvalue weighted by Gasteiger charge is 2.09. The Morgan fingerprint density at radius 1 is 1.26 bits per heavy atom. The number of Topliss-reactive ketones (excluding diaryl/α,β-unsaturated/α-hetero) is 1. The maximum absolute atomic E-state index is 12.2. The van der Waals surface area contributed by atoms with E-state index >= 15 is 0 Å². The Kier molecular flexibility index (Phi) is 5.54. The van der Waals surface area contributed by atoms with Gasteiger partial charge < -0.3 is 9.84 Å². The molecule has 0 aromatic heterocycles. The molecule has 0 radical (unpaired) electrons. The number of phenols is 1. The van der Waals surface area contributed by atoms with E-state index in [1.165, 1.54) is 18.2 Å². The average molecular weight is 307 g/mol. The predicted octanol–water partition coefficient (Wildman–Crippen LogP) is 3.51. The highest BCUT2D eigenvalue weighted by atomic mass is 16.5. The number of rotatable bonds is 6. The van der Waals surface area contributed by atoms with Gasteiger partial charge in [0.25, 0.3) is 0 Å². The van der Waals surface area contributed by atoms with Gasteiger partial charge in [0, 0.05) is 6.42 Å². The summed E-state index contributed by atoms with van der Waals surface area (Å²) in [6, 6.07) is 15.9. The minimum Gasteiger partial charge on any atom is -0.508 e. The van der Waals surface area contributed by atoms with Gasteiger partial charge in [-0.3, -0.25) is 4.79 Å². The van der Waals surface area contributed by atoms with Crippen LogP contribution in [0.5, 0.6) is 11.5 Å². The van der Waals surface area contributed by atoms with E-state index in [9.17, 15) is 15.2 Å². The fourth-order valence-corrected chi connectivity index (χ4v) is 2.14. The summed E-state index contributed by atoms with van der Waals surface area (Å²) in [6.45, 7) is 0. The third kappa shape index (κ3) is 4.72. The molecule has 0 bridgehead atoms. The molecule has 1 N–H and O–H groups in total. The number of hydrogen-bond donors (Lipinski definition) is 1. The number of nitriles is 1. The number of benzene rings is 2. The molecule has 2 aromatic carbocycles. The summed E-state index contributed by atoms with van der Waals surface area (Å²) in [5.74, 6) is 0.648. The highest BCUT2D eigenvalue weighted by Crippen LogP contribution is 2.16. The van der Waals surface area contributed by atoms with E-state index in [0.717, 1.165) is 11.3 Å². The summed E-state index contributed by atoms with van der Waals surface area (Å²) < 4.78 is 5.09. The third-order valence-electron chi connectivity index (χ3n) is 3.40. The van der Waals surface area contributed by atoms with Crippen LogP contribution in [0.4, 0.5) is 0 Å². The van der Waals surface area contributed by atoms with Crippen LogP contribution < -0.4 is 4.74 Å². The molecule has 4 heteroatoms. The predicted molar refractivity (Wildman–Crippen MR) is 88.0 cm³/mol. The fourth-order valence-electron chi connectivity index (χ4n) is 2.14. The van der Waals surface area contributed by atoms with Gasteiger partial charge in [-0.1, -0.05) is 24.3 Å². The second-order valence-electron chi connectivity index (χ2n) is 5.04. The number of ketones is 1. The number of carbonyl (C=O) groups is 1. The van der Waals surface area contributed by atoms with Gasteiger partial charge in [-0.15, -0.1) is 0 Å². The van der Waals surface area contributed by atoms with Crippen LogP contribution in [0.3, 0.4) is 0 Å². The van der Waals surface area contributed by atoms with Gasteiger partial charge in [0.1, 0.15) is 17.6 Å². The molecule has 2 aromatic rings. The highest BCUT2D eigenvalue weighted by molar-refractivity contribution is 6.03. The number of carbonyl (C=O) groups excluding carboxylic acids is 1. The van der Waals surface area contributed by atoms with Crippen molar-refractivity contribution in [2.24, 2.45) is 0 Å². The smallest absolute Gasteiger partial charge is 0.173 e. The summed E-state index contributed by atoms with van der Waals surface area (Å²) in [4.78, 5) is 12.2. The minimum absolute atomic E-state index is 0.0871. The molecule has 0 unspecified atom stereocenters.